The van der Waals surface area contributed by atoms with Gasteiger partial charge in [-0.3, -0.25) is 0 Å². The summed E-state index contributed by atoms with van der Waals surface area (Å²) in [5, 5.41) is 0. The largest absolute Gasteiger partial charge is 0.458 e. The van der Waals surface area contributed by atoms with Gasteiger partial charge in [0.1, 0.15) is 6.61 Å². The van der Waals surface area contributed by atoms with Gasteiger partial charge in [0.15, 0.2) is 18.3 Å². The zero-order valence-electron chi connectivity index (χ0n) is 26.1. The van der Waals surface area contributed by atoms with E-state index in [9.17, 15) is 19.2 Å². The van der Waals surface area contributed by atoms with Crippen LogP contribution in [-0.4, -0.2) is 64.9 Å². The zero-order valence-corrected chi connectivity index (χ0v) is 27.7. The number of carbonyl (C=O) groups is 4. The lowest BCUT2D eigenvalue weighted by Crippen LogP contribution is -2.51. The van der Waals surface area contributed by atoms with E-state index in [4.69, 9.17) is 18.9 Å². The normalized spacial score (nSPS) is 12.7. The molecule has 10 heteroatoms. The quantitative estimate of drug-likeness (QED) is 0.0682. The molecule has 0 aliphatic heterocycles. The molecule has 8 nitrogen and oxygen atoms in total. The lowest BCUT2D eigenvalue weighted by atomic mass is 10.1. The van der Waals surface area contributed by atoms with Crippen molar-refractivity contribution in [1.29, 1.82) is 0 Å². The molecule has 0 heterocycles. The first-order chi connectivity index (χ1) is 22.9. The minimum Gasteiger partial charge on any atom is -0.458 e. The third kappa shape index (κ3) is 10.5. The van der Waals surface area contributed by atoms with E-state index in [0.29, 0.717) is 17.1 Å². The molecule has 0 unspecified atom stereocenters. The van der Waals surface area contributed by atoms with Crippen molar-refractivity contribution in [3.05, 3.63) is 144 Å². The molecule has 0 fully saturated rings. The van der Waals surface area contributed by atoms with Gasteiger partial charge < -0.3 is 18.9 Å². The Morgan fingerprint density at radius 3 is 1.21 bits per heavy atom. The fourth-order valence-electron chi connectivity index (χ4n) is 4.52. The van der Waals surface area contributed by atoms with Crippen molar-refractivity contribution in [3.63, 3.8) is 0 Å². The van der Waals surface area contributed by atoms with Gasteiger partial charge in [-0.05, 0) is 60.0 Å². The Balaban J connectivity index is 1.79. The molecular formula is C37H36O8S2. The molecule has 0 spiro atoms. The maximum Gasteiger partial charge on any atom is 0.338 e. The Morgan fingerprint density at radius 1 is 0.489 bits per heavy atom. The minimum absolute atomic E-state index is 0.236. The molecular weight excluding hydrogens is 637 g/mol. The molecule has 4 aromatic rings. The highest BCUT2D eigenvalue weighted by Crippen LogP contribution is 2.34. The van der Waals surface area contributed by atoms with Crippen LogP contribution in [0.5, 0.6) is 0 Å². The van der Waals surface area contributed by atoms with E-state index in [1.54, 1.807) is 121 Å². The molecule has 0 radical (unpaired) electrons. The predicted molar refractivity (Wildman–Crippen MR) is 184 cm³/mol. The Morgan fingerprint density at radius 2 is 0.830 bits per heavy atom. The van der Waals surface area contributed by atoms with Crippen molar-refractivity contribution >= 4 is 47.4 Å². The van der Waals surface area contributed by atoms with Crippen LogP contribution in [0, 0.1) is 0 Å². The summed E-state index contributed by atoms with van der Waals surface area (Å²) in [6, 6.07) is 33.4. The average Bonchev–Trinajstić information content (AvgIpc) is 3.12. The Labute approximate surface area is 283 Å². The Bertz CT molecular complexity index is 1560. The molecule has 0 amide bonds. The smallest absolute Gasteiger partial charge is 0.338 e. The van der Waals surface area contributed by atoms with Crippen LogP contribution in [0.2, 0.25) is 0 Å². The Kier molecular flexibility index (Phi) is 14.0. The second-order valence-electron chi connectivity index (χ2n) is 10.0. The summed E-state index contributed by atoms with van der Waals surface area (Å²) < 4.78 is 23.5. The third-order valence-corrected chi connectivity index (χ3v) is 9.46. The van der Waals surface area contributed by atoms with E-state index in [0.717, 1.165) is 0 Å². The van der Waals surface area contributed by atoms with Crippen molar-refractivity contribution in [2.24, 2.45) is 0 Å². The number of hydrogen-bond acceptors (Lipinski definition) is 10. The number of esters is 4. The fraction of sp³-hybridized carbons (Fsp3) is 0.243. The molecule has 0 N–H and O–H groups in total. The average molecular weight is 673 g/mol. The monoisotopic (exact) mass is 672 g/mol. The third-order valence-electron chi connectivity index (χ3n) is 6.78. The van der Waals surface area contributed by atoms with Crippen molar-refractivity contribution in [1.82, 2.24) is 0 Å². The van der Waals surface area contributed by atoms with Gasteiger partial charge >= 0.3 is 23.9 Å². The van der Waals surface area contributed by atoms with E-state index in [1.807, 2.05) is 13.8 Å². The Hall–Kier alpha value is -4.54. The molecule has 0 aromatic heterocycles. The van der Waals surface area contributed by atoms with Crippen LogP contribution >= 0.6 is 23.5 Å². The lowest BCUT2D eigenvalue weighted by molar-refractivity contribution is -0.0974. The number of benzene rings is 4. The fourth-order valence-corrected chi connectivity index (χ4v) is 7.18. The highest BCUT2D eigenvalue weighted by atomic mass is 32.2. The van der Waals surface area contributed by atoms with Gasteiger partial charge in [0.2, 0.25) is 0 Å². The van der Waals surface area contributed by atoms with Gasteiger partial charge in [-0.25, -0.2) is 19.2 Å². The van der Waals surface area contributed by atoms with Crippen LogP contribution in [0.25, 0.3) is 0 Å². The summed E-state index contributed by atoms with van der Waals surface area (Å²) in [6.45, 7) is 3.44. The van der Waals surface area contributed by atoms with Crippen molar-refractivity contribution in [2.75, 3.05) is 18.1 Å². The van der Waals surface area contributed by atoms with Crippen LogP contribution in [-0.2, 0) is 18.9 Å². The van der Waals surface area contributed by atoms with Crippen LogP contribution in [0.15, 0.2) is 121 Å². The number of thioether (sulfide) groups is 2. The molecule has 244 valence electrons. The van der Waals surface area contributed by atoms with Crippen LogP contribution < -0.4 is 0 Å². The summed E-state index contributed by atoms with van der Waals surface area (Å²) in [7, 11) is 0. The van der Waals surface area contributed by atoms with E-state index < -0.39 is 53.4 Å². The number of hydrogen-bond donors (Lipinski definition) is 0. The second kappa shape index (κ2) is 18.6. The minimum atomic E-state index is -1.38. The number of carbonyl (C=O) groups excluding carboxylic acids is 4. The summed E-state index contributed by atoms with van der Waals surface area (Å²) in [5.41, 5.74) is 1.05. The van der Waals surface area contributed by atoms with Gasteiger partial charge in [0, 0.05) is 0 Å². The first-order valence-electron chi connectivity index (χ1n) is 15.1. The van der Waals surface area contributed by atoms with Crippen LogP contribution in [0.4, 0.5) is 0 Å². The number of rotatable bonds is 16. The first-order valence-corrected chi connectivity index (χ1v) is 17.2. The van der Waals surface area contributed by atoms with Gasteiger partial charge in [-0.2, -0.15) is 0 Å². The van der Waals surface area contributed by atoms with Crippen LogP contribution in [0.1, 0.15) is 55.3 Å². The SMILES string of the molecule is CCSC(SCC)[C@@H](OC(=O)c1ccccc1)[C@H](OC(=O)c1ccccc1)[C@@H](COC(=O)c1ccccc1)OC(=O)c1ccccc1. The van der Waals surface area contributed by atoms with E-state index in [1.165, 1.54) is 23.5 Å². The highest BCUT2D eigenvalue weighted by molar-refractivity contribution is 8.17. The van der Waals surface area contributed by atoms with Crippen molar-refractivity contribution < 1.29 is 38.1 Å². The van der Waals surface area contributed by atoms with E-state index in [-0.39, 0.29) is 16.7 Å². The van der Waals surface area contributed by atoms with Crippen LogP contribution in [0.3, 0.4) is 0 Å². The second-order valence-corrected chi connectivity index (χ2v) is 13.2. The topological polar surface area (TPSA) is 105 Å². The summed E-state index contributed by atoms with van der Waals surface area (Å²) in [6.07, 6.45) is -3.88. The molecule has 0 saturated carbocycles. The molecule has 0 bridgehead atoms. The predicted octanol–water partition coefficient (Wildman–Crippen LogP) is 7.35. The lowest BCUT2D eigenvalue weighted by Gasteiger charge is -2.36. The molecule has 0 aliphatic rings. The molecule has 3 atom stereocenters. The summed E-state index contributed by atoms with van der Waals surface area (Å²) in [5.74, 6) is -1.48. The maximum absolute atomic E-state index is 13.6. The maximum atomic E-state index is 13.6. The van der Waals surface area contributed by atoms with Gasteiger partial charge in [-0.1, -0.05) is 86.6 Å². The highest BCUT2D eigenvalue weighted by Gasteiger charge is 2.44. The summed E-state index contributed by atoms with van der Waals surface area (Å²) >= 11 is 3.00. The van der Waals surface area contributed by atoms with Gasteiger partial charge in [0.25, 0.3) is 0 Å². The molecule has 4 aromatic carbocycles. The van der Waals surface area contributed by atoms with Gasteiger partial charge in [-0.15, -0.1) is 23.5 Å². The number of ether oxygens (including phenoxy) is 4. The first kappa shape index (κ1) is 35.3. The van der Waals surface area contributed by atoms with Gasteiger partial charge in [0.05, 0.1) is 26.8 Å². The van der Waals surface area contributed by atoms with E-state index >= 15 is 0 Å². The van der Waals surface area contributed by atoms with Crippen molar-refractivity contribution in [2.45, 2.75) is 36.7 Å². The standard InChI is InChI=1S/C37H36O8S2/c1-3-46-37(47-4-2)32(45-36(41)29-23-15-8-16-24-29)31(44-35(40)28-21-13-7-14-22-28)30(43-34(39)27-19-11-6-12-20-27)25-42-33(38)26-17-9-5-10-18-26/h5-24,30-32,37H,3-4,25H2,1-2H3/t30-,31-,32+/m1/s1. The summed E-state index contributed by atoms with van der Waals surface area (Å²) in [4.78, 5) is 53.8. The van der Waals surface area contributed by atoms with E-state index in [2.05, 4.69) is 0 Å². The van der Waals surface area contributed by atoms with Crippen molar-refractivity contribution in [3.8, 4) is 0 Å². The zero-order chi connectivity index (χ0) is 33.4. The molecule has 4 rings (SSSR count). The molecule has 0 saturated heterocycles. The molecule has 0 aliphatic carbocycles. The molecule has 47 heavy (non-hydrogen) atoms.